The van der Waals surface area contributed by atoms with Crippen molar-refractivity contribution in [2.45, 2.75) is 25.3 Å². The maximum atomic E-state index is 14.0. The lowest BCUT2D eigenvalue weighted by Crippen LogP contribution is -2.17. The molecule has 6 nitrogen and oxygen atoms in total. The molecule has 0 aliphatic rings. The minimum atomic E-state index is -4.07. The van der Waals surface area contributed by atoms with Crippen LogP contribution in [-0.4, -0.2) is 23.0 Å². The molecule has 0 saturated carbocycles. The third kappa shape index (κ3) is 2.79. The number of rotatable bonds is 4. The van der Waals surface area contributed by atoms with Gasteiger partial charge in [0.15, 0.2) is 5.82 Å². The molecule has 3 rings (SSSR count). The molecular weight excluding hydrogens is 363 g/mol. The number of imidazole rings is 1. The molecule has 23 heavy (non-hydrogen) atoms. The van der Waals surface area contributed by atoms with Gasteiger partial charge in [0, 0.05) is 0 Å². The van der Waals surface area contributed by atoms with Crippen molar-refractivity contribution in [1.29, 1.82) is 0 Å². The van der Waals surface area contributed by atoms with Crippen molar-refractivity contribution in [2.75, 3.05) is 4.72 Å². The number of nitrogens with zero attached hydrogens (tertiary/aromatic N) is 3. The lowest BCUT2D eigenvalue weighted by atomic mass is 10.3. The van der Waals surface area contributed by atoms with Crippen LogP contribution in [0, 0.1) is 12.7 Å². The van der Waals surface area contributed by atoms with Crippen molar-refractivity contribution in [2.24, 2.45) is 0 Å². The Hall–Kier alpha value is -1.71. The van der Waals surface area contributed by atoms with Gasteiger partial charge in [-0.25, -0.2) is 9.37 Å². The fourth-order valence-electron chi connectivity index (χ4n) is 2.10. The van der Waals surface area contributed by atoms with E-state index in [0.29, 0.717) is 17.1 Å². The van der Waals surface area contributed by atoms with Gasteiger partial charge in [0.1, 0.15) is 5.01 Å². The van der Waals surface area contributed by atoms with Gasteiger partial charge < -0.3 is 0 Å². The highest BCUT2D eigenvalue weighted by Gasteiger charge is 2.26. The third-order valence-corrected chi connectivity index (χ3v) is 5.93. The average Bonchev–Trinajstić information content (AvgIpc) is 2.99. The summed E-state index contributed by atoms with van der Waals surface area (Å²) in [7, 11) is -4.07. The summed E-state index contributed by atoms with van der Waals surface area (Å²) in [6, 6.07) is 4.09. The largest absolute Gasteiger partial charge is 0.281 e. The summed E-state index contributed by atoms with van der Waals surface area (Å²) in [6.07, 6.45) is 0.670. The van der Waals surface area contributed by atoms with Gasteiger partial charge in [-0.15, -0.1) is 0 Å². The van der Waals surface area contributed by atoms with Crippen LogP contribution in [0.4, 0.5) is 10.1 Å². The normalized spacial score (nSPS) is 12.0. The first kappa shape index (κ1) is 16.2. The van der Waals surface area contributed by atoms with Gasteiger partial charge in [0.2, 0.25) is 9.99 Å². The molecule has 1 aromatic carbocycles. The van der Waals surface area contributed by atoms with E-state index in [4.69, 9.17) is 11.6 Å². The molecule has 0 spiro atoms. The van der Waals surface area contributed by atoms with E-state index < -0.39 is 15.8 Å². The molecule has 0 aliphatic heterocycles. The molecule has 0 fully saturated rings. The number of hydrogen-bond acceptors (Lipinski definition) is 5. The van der Waals surface area contributed by atoms with E-state index in [2.05, 4.69) is 14.8 Å². The standard InChI is InChI=1S/C13H12ClFN4O2S2/c1-3-10-17-19-12(7(2)16-13(19)22-10)23(20,21)18-9-6-4-5-8(14)11(9)15/h4-6,18H,3H2,1-2H3. The van der Waals surface area contributed by atoms with Gasteiger partial charge in [-0.2, -0.15) is 18.0 Å². The number of aromatic nitrogens is 3. The zero-order valence-corrected chi connectivity index (χ0v) is 14.6. The zero-order valence-electron chi connectivity index (χ0n) is 12.2. The van der Waals surface area contributed by atoms with Crippen LogP contribution in [0.25, 0.3) is 4.96 Å². The van der Waals surface area contributed by atoms with Gasteiger partial charge in [-0.3, -0.25) is 4.72 Å². The van der Waals surface area contributed by atoms with Crippen LogP contribution >= 0.6 is 22.9 Å². The maximum absolute atomic E-state index is 14.0. The van der Waals surface area contributed by atoms with Crippen molar-refractivity contribution in [1.82, 2.24) is 14.6 Å². The summed E-state index contributed by atoms with van der Waals surface area (Å²) in [4.78, 5) is 4.69. The predicted octanol–water partition coefficient (Wildman–Crippen LogP) is 3.25. The highest BCUT2D eigenvalue weighted by atomic mass is 35.5. The van der Waals surface area contributed by atoms with E-state index >= 15 is 0 Å². The molecule has 2 heterocycles. The lowest BCUT2D eigenvalue weighted by molar-refractivity contribution is 0.590. The van der Waals surface area contributed by atoms with Crippen molar-refractivity contribution in [3.8, 4) is 0 Å². The molecular formula is C13H12ClFN4O2S2. The molecule has 0 amide bonds. The van der Waals surface area contributed by atoms with E-state index in [1.165, 1.54) is 34.1 Å². The number of anilines is 1. The molecule has 0 saturated heterocycles. The van der Waals surface area contributed by atoms with E-state index in [1.54, 1.807) is 6.92 Å². The second-order valence-corrected chi connectivity index (χ2v) is 7.80. The summed E-state index contributed by atoms with van der Waals surface area (Å²) < 4.78 is 42.7. The van der Waals surface area contributed by atoms with Crippen LogP contribution in [0.1, 0.15) is 17.6 Å². The van der Waals surface area contributed by atoms with Crippen LogP contribution in [0.5, 0.6) is 0 Å². The third-order valence-electron chi connectivity index (χ3n) is 3.12. The van der Waals surface area contributed by atoms with E-state index in [9.17, 15) is 12.8 Å². The molecule has 0 atom stereocenters. The first-order valence-corrected chi connectivity index (χ1v) is 9.33. The van der Waals surface area contributed by atoms with Crippen molar-refractivity contribution in [3.63, 3.8) is 0 Å². The fourth-order valence-corrected chi connectivity index (χ4v) is 4.54. The first-order valence-electron chi connectivity index (χ1n) is 6.65. The Kier molecular flexibility index (Phi) is 4.03. The predicted molar refractivity (Wildman–Crippen MR) is 87.2 cm³/mol. The monoisotopic (exact) mass is 374 g/mol. The van der Waals surface area contributed by atoms with Crippen molar-refractivity contribution >= 4 is 43.6 Å². The number of sulfonamides is 1. The Bertz CT molecular complexity index is 997. The second-order valence-electron chi connectivity index (χ2n) is 4.75. The number of aryl methyl sites for hydroxylation is 2. The van der Waals surface area contributed by atoms with Gasteiger partial charge in [0.25, 0.3) is 10.0 Å². The Balaban J connectivity index is 2.11. The summed E-state index contributed by atoms with van der Waals surface area (Å²) >= 11 is 6.99. The van der Waals surface area contributed by atoms with Crippen LogP contribution in [0.3, 0.4) is 0 Å². The van der Waals surface area contributed by atoms with Gasteiger partial charge in [-0.1, -0.05) is 35.9 Å². The second kappa shape index (κ2) is 5.73. The number of nitrogens with one attached hydrogen (secondary N) is 1. The minimum absolute atomic E-state index is 0.108. The quantitative estimate of drug-likeness (QED) is 0.760. The highest BCUT2D eigenvalue weighted by molar-refractivity contribution is 7.92. The Morgan fingerprint density at radius 2 is 2.17 bits per heavy atom. The van der Waals surface area contributed by atoms with E-state index in [0.717, 1.165) is 5.01 Å². The van der Waals surface area contributed by atoms with Crippen LogP contribution in [0.2, 0.25) is 5.02 Å². The first-order chi connectivity index (χ1) is 10.8. The maximum Gasteiger partial charge on any atom is 0.281 e. The summed E-state index contributed by atoms with van der Waals surface area (Å²) in [5.41, 5.74) is 0.0686. The van der Waals surface area contributed by atoms with Gasteiger partial charge >= 0.3 is 0 Å². The van der Waals surface area contributed by atoms with Crippen molar-refractivity contribution in [3.05, 3.63) is 39.7 Å². The smallest absolute Gasteiger partial charge is 0.275 e. The Morgan fingerprint density at radius 3 is 2.87 bits per heavy atom. The Labute approximate surface area is 141 Å². The van der Waals surface area contributed by atoms with E-state index in [-0.39, 0.29) is 15.7 Å². The van der Waals surface area contributed by atoms with Crippen molar-refractivity contribution < 1.29 is 12.8 Å². The molecule has 0 aliphatic carbocycles. The molecule has 3 aromatic rings. The number of halogens is 2. The SMILES string of the molecule is CCc1nn2c(S(=O)(=O)Nc3cccc(Cl)c3F)c(C)nc2s1. The number of benzene rings is 1. The fraction of sp³-hybridized carbons (Fsp3) is 0.231. The lowest BCUT2D eigenvalue weighted by Gasteiger charge is -2.09. The highest BCUT2D eigenvalue weighted by Crippen LogP contribution is 2.27. The van der Waals surface area contributed by atoms with Crippen LogP contribution in [-0.2, 0) is 16.4 Å². The van der Waals surface area contributed by atoms with Gasteiger partial charge in [0.05, 0.1) is 16.4 Å². The molecule has 10 heteroatoms. The molecule has 0 radical (unpaired) electrons. The number of fused-ring (bicyclic) bond motifs is 1. The molecule has 1 N–H and O–H groups in total. The number of hydrogen-bond donors (Lipinski definition) is 1. The summed E-state index contributed by atoms with van der Waals surface area (Å²) in [6.45, 7) is 3.48. The average molecular weight is 375 g/mol. The zero-order chi connectivity index (χ0) is 16.8. The van der Waals surface area contributed by atoms with Gasteiger partial charge in [-0.05, 0) is 25.5 Å². The molecule has 2 aromatic heterocycles. The van der Waals surface area contributed by atoms with Crippen LogP contribution < -0.4 is 4.72 Å². The van der Waals surface area contributed by atoms with Crippen LogP contribution in [0.15, 0.2) is 23.2 Å². The van der Waals surface area contributed by atoms with E-state index in [1.807, 2.05) is 6.92 Å². The summed E-state index contributed by atoms with van der Waals surface area (Å²) in [5.74, 6) is -0.830. The molecule has 0 bridgehead atoms. The topological polar surface area (TPSA) is 76.4 Å². The molecule has 0 unspecified atom stereocenters. The molecule has 122 valence electrons. The minimum Gasteiger partial charge on any atom is -0.275 e. The summed E-state index contributed by atoms with van der Waals surface area (Å²) in [5, 5.41) is 4.72. The Morgan fingerprint density at radius 1 is 1.43 bits per heavy atom.